The summed E-state index contributed by atoms with van der Waals surface area (Å²) in [4.78, 5) is 33.9. The molecule has 1 aromatic heterocycles. The van der Waals surface area contributed by atoms with Crippen LogP contribution in [0.3, 0.4) is 0 Å². The summed E-state index contributed by atoms with van der Waals surface area (Å²) < 4.78 is 1.11. The third kappa shape index (κ3) is 4.77. The van der Waals surface area contributed by atoms with Crippen LogP contribution < -0.4 is 4.90 Å². The second-order valence-electron chi connectivity index (χ2n) is 7.54. The number of amides is 1. The van der Waals surface area contributed by atoms with Gasteiger partial charge in [0.15, 0.2) is 10.9 Å². The number of aromatic nitrogens is 1. The van der Waals surface area contributed by atoms with Crippen LogP contribution in [0.2, 0.25) is 0 Å². The molecule has 0 N–H and O–H groups in total. The Morgan fingerprint density at radius 2 is 1.60 bits per heavy atom. The Morgan fingerprint density at radius 1 is 0.967 bits per heavy atom. The molecule has 3 rings (SSSR count). The average Bonchev–Trinajstić information content (AvgIpc) is 3.15. The first-order valence-electron chi connectivity index (χ1n) is 10.4. The molecule has 2 aromatic carbocycles. The Balaban J connectivity index is 1.98. The van der Waals surface area contributed by atoms with Crippen molar-refractivity contribution in [2.45, 2.75) is 34.6 Å². The fourth-order valence-corrected chi connectivity index (χ4v) is 4.59. The first kappa shape index (κ1) is 22.1. The van der Waals surface area contributed by atoms with Gasteiger partial charge in [-0.05, 0) is 63.2 Å². The summed E-state index contributed by atoms with van der Waals surface area (Å²) in [7, 11) is 0. The molecule has 0 aliphatic rings. The topological polar surface area (TPSA) is 53.5 Å². The summed E-state index contributed by atoms with van der Waals surface area (Å²) in [5, 5.41) is 0.714. The van der Waals surface area contributed by atoms with E-state index in [2.05, 4.69) is 44.7 Å². The number of rotatable bonds is 8. The van der Waals surface area contributed by atoms with Crippen LogP contribution in [0.5, 0.6) is 0 Å². The van der Waals surface area contributed by atoms with Crippen LogP contribution in [0.15, 0.2) is 36.4 Å². The largest absolute Gasteiger partial charge is 0.302 e. The van der Waals surface area contributed by atoms with Crippen LogP contribution in [0, 0.1) is 13.8 Å². The summed E-state index contributed by atoms with van der Waals surface area (Å²) in [6.45, 7) is 13.1. The average molecular weight is 424 g/mol. The fraction of sp³-hybridized carbons (Fsp3) is 0.375. The van der Waals surface area contributed by atoms with Gasteiger partial charge in [0.2, 0.25) is 0 Å². The Labute approximate surface area is 182 Å². The van der Waals surface area contributed by atoms with Crippen molar-refractivity contribution >= 4 is 38.4 Å². The van der Waals surface area contributed by atoms with E-state index in [1.54, 1.807) is 40.5 Å². The van der Waals surface area contributed by atoms with E-state index in [0.717, 1.165) is 35.4 Å². The van der Waals surface area contributed by atoms with Crippen LogP contribution in [0.4, 0.5) is 5.13 Å². The molecule has 30 heavy (non-hydrogen) atoms. The second-order valence-corrected chi connectivity index (χ2v) is 8.52. The van der Waals surface area contributed by atoms with Crippen molar-refractivity contribution in [2.75, 3.05) is 31.1 Å². The zero-order chi connectivity index (χ0) is 21.8. The van der Waals surface area contributed by atoms with E-state index in [1.807, 2.05) is 0 Å². The molecule has 0 aliphatic carbocycles. The summed E-state index contributed by atoms with van der Waals surface area (Å²) in [6.07, 6.45) is 0. The number of likely N-dealkylation sites (N-methyl/N-ethyl adjacent to an activating group) is 1. The normalized spacial score (nSPS) is 11.3. The van der Waals surface area contributed by atoms with Crippen molar-refractivity contribution in [2.24, 2.45) is 0 Å². The predicted octanol–water partition coefficient (Wildman–Crippen LogP) is 5.10. The first-order chi connectivity index (χ1) is 14.3. The van der Waals surface area contributed by atoms with Crippen molar-refractivity contribution in [3.8, 4) is 0 Å². The highest BCUT2D eigenvalue weighted by atomic mass is 32.1. The van der Waals surface area contributed by atoms with Crippen molar-refractivity contribution < 1.29 is 9.59 Å². The molecule has 0 bridgehead atoms. The zero-order valence-corrected chi connectivity index (χ0v) is 19.2. The number of hydrogen-bond donors (Lipinski definition) is 0. The maximum absolute atomic E-state index is 13.4. The molecule has 6 heteroatoms. The zero-order valence-electron chi connectivity index (χ0n) is 18.4. The summed E-state index contributed by atoms with van der Waals surface area (Å²) in [5.41, 5.74) is 4.44. The van der Waals surface area contributed by atoms with Gasteiger partial charge in [0.25, 0.3) is 5.91 Å². The smallest absolute Gasteiger partial charge is 0.260 e. The quantitative estimate of drug-likeness (QED) is 0.473. The molecular weight excluding hydrogens is 394 g/mol. The van der Waals surface area contributed by atoms with Crippen molar-refractivity contribution in [3.05, 3.63) is 58.7 Å². The number of hydrogen-bond acceptors (Lipinski definition) is 5. The second kappa shape index (κ2) is 9.49. The fourth-order valence-electron chi connectivity index (χ4n) is 3.55. The molecule has 158 valence electrons. The van der Waals surface area contributed by atoms with E-state index in [-0.39, 0.29) is 11.7 Å². The highest BCUT2D eigenvalue weighted by Crippen LogP contribution is 2.32. The molecule has 0 atom stereocenters. The summed E-state index contributed by atoms with van der Waals surface area (Å²) >= 11 is 1.56. The van der Waals surface area contributed by atoms with Crippen LogP contribution in [-0.2, 0) is 0 Å². The number of thiazole rings is 1. The Hall–Kier alpha value is -2.57. The van der Waals surface area contributed by atoms with Gasteiger partial charge in [-0.25, -0.2) is 4.98 Å². The molecule has 0 saturated heterocycles. The minimum Gasteiger partial charge on any atom is -0.302 e. The third-order valence-corrected chi connectivity index (χ3v) is 6.59. The van der Waals surface area contributed by atoms with Crippen molar-refractivity contribution in [1.29, 1.82) is 0 Å². The molecule has 0 aliphatic heterocycles. The molecule has 5 nitrogen and oxygen atoms in total. The molecule has 0 unspecified atom stereocenters. The number of Topliss-reactive ketones (excluding diaryl/α,β-unsaturated/α-hetero) is 1. The van der Waals surface area contributed by atoms with Gasteiger partial charge in [0.1, 0.15) is 0 Å². The predicted molar refractivity (Wildman–Crippen MR) is 125 cm³/mol. The summed E-state index contributed by atoms with van der Waals surface area (Å²) in [5.74, 6) is -0.102. The SMILES string of the molecule is CCN(CC)CCN(C(=O)c1ccc(C(C)=O)cc1)c1nc2cc(C)cc(C)c2s1. The molecule has 0 spiro atoms. The third-order valence-electron chi connectivity index (χ3n) is 5.36. The van der Waals surface area contributed by atoms with E-state index in [4.69, 9.17) is 4.98 Å². The number of fused-ring (bicyclic) bond motifs is 1. The van der Waals surface area contributed by atoms with Crippen LogP contribution in [-0.4, -0.2) is 47.8 Å². The lowest BCUT2D eigenvalue weighted by Crippen LogP contribution is -2.38. The number of benzene rings is 2. The number of anilines is 1. The van der Waals surface area contributed by atoms with E-state index in [1.165, 1.54) is 12.5 Å². The van der Waals surface area contributed by atoms with Gasteiger partial charge in [0.05, 0.1) is 10.2 Å². The minimum atomic E-state index is -0.0920. The van der Waals surface area contributed by atoms with Gasteiger partial charge in [-0.1, -0.05) is 43.4 Å². The number of carbonyl (C=O) groups excluding carboxylic acids is 2. The molecule has 3 aromatic rings. The molecule has 1 amide bonds. The molecule has 0 saturated carbocycles. The highest BCUT2D eigenvalue weighted by molar-refractivity contribution is 7.22. The van der Waals surface area contributed by atoms with Crippen LogP contribution in [0.25, 0.3) is 10.2 Å². The molecule has 0 radical (unpaired) electrons. The maximum Gasteiger partial charge on any atom is 0.260 e. The van der Waals surface area contributed by atoms with Crippen molar-refractivity contribution in [3.63, 3.8) is 0 Å². The Kier molecular flexibility index (Phi) is 7.00. The van der Waals surface area contributed by atoms with Gasteiger partial charge in [0, 0.05) is 24.2 Å². The molecule has 0 fully saturated rings. The van der Waals surface area contributed by atoms with Gasteiger partial charge < -0.3 is 4.90 Å². The monoisotopic (exact) mass is 423 g/mol. The van der Waals surface area contributed by atoms with E-state index in [0.29, 0.717) is 22.8 Å². The first-order valence-corrected chi connectivity index (χ1v) is 11.2. The van der Waals surface area contributed by atoms with Gasteiger partial charge in [-0.3, -0.25) is 14.5 Å². The number of nitrogens with zero attached hydrogens (tertiary/aromatic N) is 3. The number of aryl methyl sites for hydroxylation is 2. The highest BCUT2D eigenvalue weighted by Gasteiger charge is 2.22. The van der Waals surface area contributed by atoms with Crippen molar-refractivity contribution in [1.82, 2.24) is 9.88 Å². The number of ketones is 1. The van der Waals surface area contributed by atoms with Gasteiger partial charge in [-0.15, -0.1) is 0 Å². The number of carbonyl (C=O) groups is 2. The Morgan fingerprint density at radius 3 is 2.20 bits per heavy atom. The van der Waals surface area contributed by atoms with E-state index < -0.39 is 0 Å². The van der Waals surface area contributed by atoms with Crippen LogP contribution >= 0.6 is 11.3 Å². The Bertz CT molecular complexity index is 1050. The van der Waals surface area contributed by atoms with Crippen LogP contribution in [0.1, 0.15) is 52.6 Å². The molecular formula is C24H29N3O2S. The van der Waals surface area contributed by atoms with Gasteiger partial charge in [-0.2, -0.15) is 0 Å². The molecule has 1 heterocycles. The lowest BCUT2D eigenvalue weighted by molar-refractivity contribution is 0.0980. The van der Waals surface area contributed by atoms with E-state index >= 15 is 0 Å². The summed E-state index contributed by atoms with van der Waals surface area (Å²) in [6, 6.07) is 11.1. The lowest BCUT2D eigenvalue weighted by Gasteiger charge is -2.24. The lowest BCUT2D eigenvalue weighted by atomic mass is 10.1. The standard InChI is InChI=1S/C24H29N3O2S/c1-6-26(7-2)12-13-27(23(29)20-10-8-19(9-11-20)18(5)28)24-25-21-15-16(3)14-17(4)22(21)30-24/h8-11,14-15H,6-7,12-13H2,1-5H3. The van der Waals surface area contributed by atoms with Gasteiger partial charge >= 0.3 is 0 Å². The maximum atomic E-state index is 13.4. The minimum absolute atomic E-state index is 0.00981. The van der Waals surface area contributed by atoms with E-state index in [9.17, 15) is 9.59 Å².